The Morgan fingerprint density at radius 2 is 1.35 bits per heavy atom. The van der Waals surface area contributed by atoms with Crippen LogP contribution in [-0.4, -0.2) is 22.2 Å². The molecule has 0 unspecified atom stereocenters. The number of unbranched alkanes of at least 4 members (excludes halogenated alkanes) is 8. The van der Waals surface area contributed by atoms with Gasteiger partial charge >= 0.3 is 11.9 Å². The van der Waals surface area contributed by atoms with Crippen LogP contribution in [0.4, 0.5) is 0 Å². The van der Waals surface area contributed by atoms with Gasteiger partial charge in [0.1, 0.15) is 0 Å². The van der Waals surface area contributed by atoms with Gasteiger partial charge < -0.3 is 22.5 Å². The minimum Gasteiger partial charge on any atom is -0.481 e. The third-order valence-corrected chi connectivity index (χ3v) is 3.99. The largest absolute Gasteiger partial charge is 0.481 e. The molecule has 0 fully saturated rings. The third kappa shape index (κ3) is 22.3. The van der Waals surface area contributed by atoms with Crippen LogP contribution in [0.5, 0.6) is 0 Å². The maximum absolute atomic E-state index is 10.9. The van der Waals surface area contributed by atoms with Gasteiger partial charge in [0.2, 0.25) is 0 Å². The Labute approximate surface area is 158 Å². The molecule has 0 heterocycles. The van der Waals surface area contributed by atoms with Crippen LogP contribution in [0.2, 0.25) is 0 Å². The van der Waals surface area contributed by atoms with Gasteiger partial charge in [-0.15, -0.1) is 0 Å². The molecule has 0 rings (SSSR count). The summed E-state index contributed by atoms with van der Waals surface area (Å²) in [5.74, 6) is -1.56. The molecule has 0 saturated heterocycles. The highest BCUT2D eigenvalue weighted by Gasteiger charge is 2.00. The molecule has 0 aromatic carbocycles. The van der Waals surface area contributed by atoms with E-state index >= 15 is 0 Å². The predicted octanol–water partition coefficient (Wildman–Crippen LogP) is 6.05. The van der Waals surface area contributed by atoms with Crippen molar-refractivity contribution in [3.05, 3.63) is 23.8 Å². The molecular weight excluding hydrogens is 332 g/mol. The molecule has 0 aromatic heterocycles. The van der Waals surface area contributed by atoms with Crippen molar-refractivity contribution in [3.63, 3.8) is 0 Å². The summed E-state index contributed by atoms with van der Waals surface area (Å²) in [4.78, 5) is 21.2. The second-order valence-corrected chi connectivity index (χ2v) is 6.33. The molecule has 26 heavy (non-hydrogen) atoms. The number of carboxylic acid groups (broad SMARTS) is 2. The smallest absolute Gasteiger partial charge is 0.328 e. The van der Waals surface area contributed by atoms with Crippen LogP contribution in [0, 0.1) is 0 Å². The SMILES string of the molecule is CCCCCCC(=CC(=O)O)CC=CCCCCCCCC(=O)O.N.N. The zero-order valence-corrected chi connectivity index (χ0v) is 16.5. The van der Waals surface area contributed by atoms with Crippen LogP contribution < -0.4 is 12.3 Å². The van der Waals surface area contributed by atoms with Crippen LogP contribution in [0.15, 0.2) is 23.8 Å². The fourth-order valence-electron chi connectivity index (χ4n) is 2.61. The highest BCUT2D eigenvalue weighted by Crippen LogP contribution is 2.15. The average Bonchev–Trinajstić information content (AvgIpc) is 2.52. The molecule has 0 aromatic rings. The zero-order valence-electron chi connectivity index (χ0n) is 16.5. The Morgan fingerprint density at radius 3 is 1.96 bits per heavy atom. The maximum Gasteiger partial charge on any atom is 0.328 e. The Kier molecular flexibility index (Phi) is 23.9. The van der Waals surface area contributed by atoms with E-state index in [1.54, 1.807) is 0 Å². The third-order valence-electron chi connectivity index (χ3n) is 3.99. The van der Waals surface area contributed by atoms with Gasteiger partial charge in [0.05, 0.1) is 0 Å². The van der Waals surface area contributed by atoms with Crippen LogP contribution in [-0.2, 0) is 9.59 Å². The van der Waals surface area contributed by atoms with Crippen molar-refractivity contribution in [1.29, 1.82) is 0 Å². The quantitative estimate of drug-likeness (QED) is 0.147. The first kappa shape index (κ1) is 29.1. The molecule has 8 N–H and O–H groups in total. The number of carboxylic acids is 2. The molecule has 0 atom stereocenters. The molecule has 0 spiro atoms. The van der Waals surface area contributed by atoms with E-state index in [9.17, 15) is 9.59 Å². The molecule has 0 aliphatic rings. The van der Waals surface area contributed by atoms with Crippen LogP contribution in [0.25, 0.3) is 0 Å². The van der Waals surface area contributed by atoms with Gasteiger partial charge in [0.15, 0.2) is 0 Å². The van der Waals surface area contributed by atoms with Crippen molar-refractivity contribution in [2.45, 2.75) is 90.4 Å². The molecule has 0 bridgehead atoms. The van der Waals surface area contributed by atoms with E-state index in [1.165, 1.54) is 25.3 Å². The number of rotatable bonds is 16. The molecule has 0 aliphatic heterocycles. The predicted molar refractivity (Wildman–Crippen MR) is 108 cm³/mol. The van der Waals surface area contributed by atoms with Gasteiger partial charge in [-0.25, -0.2) is 4.79 Å². The van der Waals surface area contributed by atoms with Gasteiger partial charge in [-0.2, -0.15) is 0 Å². The number of aliphatic carboxylic acids is 2. The molecule has 6 nitrogen and oxygen atoms in total. The normalized spacial score (nSPS) is 11.0. The standard InChI is InChI=1S/C20H34O4.2H3N/c1-2-3-4-11-14-18(17-20(23)24)15-12-9-7-5-6-8-10-13-16-19(21)22;;/h9,12,17H,2-8,10-11,13-16H2,1H3,(H,21,22)(H,23,24);2*1H3. The summed E-state index contributed by atoms with van der Waals surface area (Å²) in [5, 5.41) is 17.5. The summed E-state index contributed by atoms with van der Waals surface area (Å²) in [5.41, 5.74) is 1.00. The van der Waals surface area contributed by atoms with Crippen molar-refractivity contribution in [1.82, 2.24) is 12.3 Å². The number of hydrogen-bond donors (Lipinski definition) is 4. The fraction of sp³-hybridized carbons (Fsp3) is 0.700. The van der Waals surface area contributed by atoms with E-state index in [-0.39, 0.29) is 18.7 Å². The first-order valence-corrected chi connectivity index (χ1v) is 9.35. The first-order chi connectivity index (χ1) is 11.6. The Morgan fingerprint density at radius 1 is 0.769 bits per heavy atom. The van der Waals surface area contributed by atoms with Gasteiger partial charge in [-0.05, 0) is 38.5 Å². The molecule has 6 heteroatoms. The summed E-state index contributed by atoms with van der Waals surface area (Å²) >= 11 is 0. The van der Waals surface area contributed by atoms with Crippen molar-refractivity contribution >= 4 is 11.9 Å². The van der Waals surface area contributed by atoms with Crippen molar-refractivity contribution in [2.75, 3.05) is 0 Å². The molecule has 0 aliphatic carbocycles. The lowest BCUT2D eigenvalue weighted by Crippen LogP contribution is -1.93. The second kappa shape index (κ2) is 21.4. The van der Waals surface area contributed by atoms with Gasteiger partial charge in [-0.3, -0.25) is 4.79 Å². The highest BCUT2D eigenvalue weighted by atomic mass is 16.4. The monoisotopic (exact) mass is 372 g/mol. The Bertz CT molecular complexity index is 407. The summed E-state index contributed by atoms with van der Waals surface area (Å²) in [6.07, 6.45) is 18.2. The summed E-state index contributed by atoms with van der Waals surface area (Å²) in [6.45, 7) is 2.17. The lowest BCUT2D eigenvalue weighted by Gasteiger charge is -2.04. The molecule has 0 saturated carbocycles. The Balaban J connectivity index is -0.00000264. The van der Waals surface area contributed by atoms with E-state index in [0.717, 1.165) is 63.4 Å². The van der Waals surface area contributed by atoms with Crippen molar-refractivity contribution in [2.24, 2.45) is 0 Å². The first-order valence-electron chi connectivity index (χ1n) is 9.35. The number of allylic oxidation sites excluding steroid dienone is 3. The van der Waals surface area contributed by atoms with Crippen molar-refractivity contribution < 1.29 is 19.8 Å². The lowest BCUT2D eigenvalue weighted by molar-refractivity contribution is -0.137. The minimum absolute atomic E-state index is 0. The minimum atomic E-state index is -0.852. The van der Waals surface area contributed by atoms with E-state index in [4.69, 9.17) is 10.2 Å². The molecular formula is C20H40N2O4. The molecule has 154 valence electrons. The summed E-state index contributed by atoms with van der Waals surface area (Å²) in [7, 11) is 0. The van der Waals surface area contributed by atoms with Crippen LogP contribution >= 0.6 is 0 Å². The van der Waals surface area contributed by atoms with E-state index in [1.807, 2.05) is 0 Å². The van der Waals surface area contributed by atoms with Gasteiger partial charge in [-0.1, -0.05) is 63.2 Å². The molecule has 0 amide bonds. The van der Waals surface area contributed by atoms with E-state index in [2.05, 4.69) is 19.1 Å². The Hall–Kier alpha value is -1.66. The second-order valence-electron chi connectivity index (χ2n) is 6.33. The zero-order chi connectivity index (χ0) is 18.0. The average molecular weight is 373 g/mol. The highest BCUT2D eigenvalue weighted by molar-refractivity contribution is 5.80. The van der Waals surface area contributed by atoms with Crippen molar-refractivity contribution in [3.8, 4) is 0 Å². The summed E-state index contributed by atoms with van der Waals surface area (Å²) in [6, 6.07) is 0. The van der Waals surface area contributed by atoms with Gasteiger partial charge in [0, 0.05) is 12.5 Å². The molecule has 0 radical (unpaired) electrons. The van der Waals surface area contributed by atoms with E-state index < -0.39 is 11.9 Å². The topological polar surface area (TPSA) is 145 Å². The van der Waals surface area contributed by atoms with Crippen LogP contribution in [0.1, 0.15) is 90.4 Å². The number of hydrogen-bond acceptors (Lipinski definition) is 4. The number of carbonyl (C=O) groups is 2. The van der Waals surface area contributed by atoms with Gasteiger partial charge in [0.25, 0.3) is 0 Å². The lowest BCUT2D eigenvalue weighted by atomic mass is 10.0. The summed E-state index contributed by atoms with van der Waals surface area (Å²) < 4.78 is 0. The maximum atomic E-state index is 10.9. The fourth-order valence-corrected chi connectivity index (χ4v) is 2.61. The van der Waals surface area contributed by atoms with E-state index in [0.29, 0.717) is 0 Å². The van der Waals surface area contributed by atoms with Crippen LogP contribution in [0.3, 0.4) is 0 Å².